The van der Waals surface area contributed by atoms with Crippen LogP contribution in [0.15, 0.2) is 35.6 Å². The second-order valence-electron chi connectivity index (χ2n) is 5.46. The molecule has 2 amide bonds. The maximum absolute atomic E-state index is 12.1. The van der Waals surface area contributed by atoms with Gasteiger partial charge in [-0.2, -0.15) is 5.10 Å². The van der Waals surface area contributed by atoms with Gasteiger partial charge in [0.1, 0.15) is 5.25 Å². The van der Waals surface area contributed by atoms with Crippen LogP contribution in [0, 0.1) is 13.8 Å². The van der Waals surface area contributed by atoms with Gasteiger partial charge in [-0.25, -0.2) is 0 Å². The van der Waals surface area contributed by atoms with Crippen molar-refractivity contribution in [2.24, 2.45) is 5.10 Å². The fourth-order valence-corrected chi connectivity index (χ4v) is 2.87. The van der Waals surface area contributed by atoms with E-state index in [1.165, 1.54) is 17.3 Å². The van der Waals surface area contributed by atoms with Crippen molar-refractivity contribution in [1.29, 1.82) is 0 Å². The number of aryl methyl sites for hydroxylation is 2. The number of benzene rings is 1. The summed E-state index contributed by atoms with van der Waals surface area (Å²) in [5.74, 6) is -0.414. The van der Waals surface area contributed by atoms with Gasteiger partial charge in [0.05, 0.1) is 0 Å². The number of amidine groups is 1. The number of nitrogens with zero attached hydrogens (tertiary/aromatic N) is 1. The highest BCUT2D eigenvalue weighted by Gasteiger charge is 2.32. The molecule has 7 heteroatoms. The number of carbonyl (C=O) groups is 2. The highest BCUT2D eigenvalue weighted by Crippen LogP contribution is 2.23. The molecule has 0 aromatic heterocycles. The van der Waals surface area contributed by atoms with Gasteiger partial charge in [-0.3, -0.25) is 15.0 Å². The first kappa shape index (κ1) is 17.1. The smallest absolute Gasteiger partial charge is 0.240 e. The molecule has 3 N–H and O–H groups in total. The maximum Gasteiger partial charge on any atom is 0.240 e. The number of rotatable bonds is 5. The van der Waals surface area contributed by atoms with Crippen LogP contribution in [-0.4, -0.2) is 22.2 Å². The Morgan fingerprint density at radius 1 is 1.39 bits per heavy atom. The minimum absolute atomic E-state index is 0.0928. The third-order valence-electron chi connectivity index (χ3n) is 3.29. The third-order valence-corrected chi connectivity index (χ3v) is 4.37. The Kier molecular flexibility index (Phi) is 5.44. The fourth-order valence-electron chi connectivity index (χ4n) is 1.94. The predicted molar refractivity (Wildman–Crippen MR) is 94.1 cm³/mol. The van der Waals surface area contributed by atoms with Crippen molar-refractivity contribution in [3.8, 4) is 0 Å². The average Bonchev–Trinajstić information content (AvgIpc) is 2.81. The molecule has 0 spiro atoms. The van der Waals surface area contributed by atoms with E-state index in [0.717, 1.165) is 11.3 Å². The number of amides is 2. The quantitative estimate of drug-likeness (QED) is 0.722. The lowest BCUT2D eigenvalue weighted by molar-refractivity contribution is -0.122. The second kappa shape index (κ2) is 7.32. The van der Waals surface area contributed by atoms with Crippen molar-refractivity contribution in [3.63, 3.8) is 0 Å². The number of allylic oxidation sites excluding steroid dienone is 1. The number of nitrogens with one attached hydrogen (secondary N) is 3. The number of carbonyl (C=O) groups excluding carboxylic acids is 2. The monoisotopic (exact) mass is 332 g/mol. The van der Waals surface area contributed by atoms with Crippen molar-refractivity contribution in [2.75, 3.05) is 5.32 Å². The fraction of sp³-hybridized carbons (Fsp3) is 0.312. The molecule has 0 unspecified atom stereocenters. The van der Waals surface area contributed by atoms with Crippen molar-refractivity contribution in [2.45, 2.75) is 32.4 Å². The maximum atomic E-state index is 12.1. The van der Waals surface area contributed by atoms with Crippen LogP contribution in [0.2, 0.25) is 0 Å². The zero-order chi connectivity index (χ0) is 17.0. The van der Waals surface area contributed by atoms with Crippen LogP contribution in [0.3, 0.4) is 0 Å². The molecule has 0 bridgehead atoms. The molecule has 2 rings (SSSR count). The van der Waals surface area contributed by atoms with Crippen LogP contribution < -0.4 is 16.1 Å². The molecule has 1 saturated heterocycles. The van der Waals surface area contributed by atoms with Crippen LogP contribution in [0.4, 0.5) is 5.69 Å². The SMILES string of the molecule is C=C(C)N/N=C1\NC(=O)[C@H](CC(=O)Nc2ccc(C)c(C)c2)S1. The van der Waals surface area contributed by atoms with Crippen LogP contribution >= 0.6 is 11.8 Å². The van der Waals surface area contributed by atoms with Crippen LogP contribution in [0.5, 0.6) is 0 Å². The summed E-state index contributed by atoms with van der Waals surface area (Å²) in [5.41, 5.74) is 6.37. The Labute approximate surface area is 139 Å². The zero-order valence-corrected chi connectivity index (χ0v) is 14.2. The molecule has 0 radical (unpaired) electrons. The van der Waals surface area contributed by atoms with Crippen LogP contribution in [-0.2, 0) is 9.59 Å². The first-order chi connectivity index (χ1) is 10.8. The van der Waals surface area contributed by atoms with Gasteiger partial charge in [0.2, 0.25) is 11.8 Å². The van der Waals surface area contributed by atoms with Gasteiger partial charge in [-0.15, -0.1) is 0 Å². The molecule has 23 heavy (non-hydrogen) atoms. The summed E-state index contributed by atoms with van der Waals surface area (Å²) < 4.78 is 0. The molecule has 1 aromatic carbocycles. The normalized spacial score (nSPS) is 18.7. The van der Waals surface area contributed by atoms with Crippen molar-refractivity contribution in [1.82, 2.24) is 10.7 Å². The van der Waals surface area contributed by atoms with E-state index >= 15 is 0 Å². The molecule has 0 saturated carbocycles. The topological polar surface area (TPSA) is 82.6 Å². The van der Waals surface area contributed by atoms with Gasteiger partial charge in [0.15, 0.2) is 5.17 Å². The number of hydrogen-bond donors (Lipinski definition) is 3. The highest BCUT2D eigenvalue weighted by molar-refractivity contribution is 8.15. The lowest BCUT2D eigenvalue weighted by Crippen LogP contribution is -2.28. The lowest BCUT2D eigenvalue weighted by atomic mass is 10.1. The predicted octanol–water partition coefficient (Wildman–Crippen LogP) is 2.26. The molecular formula is C16H20N4O2S. The van der Waals surface area contributed by atoms with E-state index in [0.29, 0.717) is 10.9 Å². The molecule has 1 fully saturated rings. The van der Waals surface area contributed by atoms with Gasteiger partial charge in [0, 0.05) is 17.8 Å². The molecule has 0 aliphatic carbocycles. The average molecular weight is 332 g/mol. The van der Waals surface area contributed by atoms with E-state index in [4.69, 9.17) is 0 Å². The Hall–Kier alpha value is -2.28. The van der Waals surface area contributed by atoms with Gasteiger partial charge < -0.3 is 10.6 Å². The van der Waals surface area contributed by atoms with Gasteiger partial charge in [-0.05, 0) is 44.0 Å². The Morgan fingerprint density at radius 3 is 2.78 bits per heavy atom. The Morgan fingerprint density at radius 2 is 2.13 bits per heavy atom. The third kappa shape index (κ3) is 4.85. The molecule has 1 aliphatic heterocycles. The van der Waals surface area contributed by atoms with Crippen LogP contribution in [0.25, 0.3) is 0 Å². The number of anilines is 1. The summed E-state index contributed by atoms with van der Waals surface area (Å²) in [6.45, 7) is 9.43. The van der Waals surface area contributed by atoms with E-state index in [9.17, 15) is 9.59 Å². The van der Waals surface area contributed by atoms with E-state index < -0.39 is 5.25 Å². The molecule has 1 atom stereocenters. The van der Waals surface area contributed by atoms with Crippen molar-refractivity contribution in [3.05, 3.63) is 41.6 Å². The van der Waals surface area contributed by atoms with Crippen molar-refractivity contribution >= 4 is 34.4 Å². The van der Waals surface area contributed by atoms with Gasteiger partial charge in [-0.1, -0.05) is 24.4 Å². The lowest BCUT2D eigenvalue weighted by Gasteiger charge is -2.09. The molecule has 6 nitrogen and oxygen atoms in total. The molecule has 1 aromatic rings. The highest BCUT2D eigenvalue weighted by atomic mass is 32.2. The minimum Gasteiger partial charge on any atom is -0.326 e. The molecule has 1 heterocycles. The van der Waals surface area contributed by atoms with Crippen molar-refractivity contribution < 1.29 is 9.59 Å². The number of hydrogen-bond acceptors (Lipinski definition) is 5. The second-order valence-corrected chi connectivity index (χ2v) is 6.65. The van der Waals surface area contributed by atoms with E-state index in [1.54, 1.807) is 6.92 Å². The number of hydrazone groups is 1. The van der Waals surface area contributed by atoms with Gasteiger partial charge in [0.25, 0.3) is 0 Å². The summed E-state index contributed by atoms with van der Waals surface area (Å²) >= 11 is 1.23. The summed E-state index contributed by atoms with van der Waals surface area (Å²) in [6.07, 6.45) is 0.0928. The molecular weight excluding hydrogens is 312 g/mol. The number of thioether (sulfide) groups is 1. The van der Waals surface area contributed by atoms with E-state index in [-0.39, 0.29) is 18.2 Å². The van der Waals surface area contributed by atoms with E-state index in [1.807, 2.05) is 32.0 Å². The Bertz CT molecular complexity index is 685. The van der Waals surface area contributed by atoms with Crippen LogP contribution in [0.1, 0.15) is 24.5 Å². The largest absolute Gasteiger partial charge is 0.326 e. The Balaban J connectivity index is 1.92. The van der Waals surface area contributed by atoms with Gasteiger partial charge >= 0.3 is 0 Å². The molecule has 122 valence electrons. The summed E-state index contributed by atoms with van der Waals surface area (Å²) in [5, 5.41) is 9.43. The first-order valence-corrected chi connectivity index (χ1v) is 8.07. The zero-order valence-electron chi connectivity index (χ0n) is 13.4. The summed E-state index contributed by atoms with van der Waals surface area (Å²) in [6, 6.07) is 5.72. The molecule has 1 aliphatic rings. The standard InChI is InChI=1S/C16H20N4O2S/c1-9(2)19-20-16-18-15(22)13(23-16)8-14(21)17-12-6-5-10(3)11(4)7-12/h5-7,13,19H,1,8H2,2-4H3,(H,17,21)(H,18,20,22)/t13-/m0/s1. The van der Waals surface area contributed by atoms with E-state index in [2.05, 4.69) is 27.7 Å². The minimum atomic E-state index is -0.479. The first-order valence-electron chi connectivity index (χ1n) is 7.19. The summed E-state index contributed by atoms with van der Waals surface area (Å²) in [4.78, 5) is 24.0. The summed E-state index contributed by atoms with van der Waals surface area (Å²) in [7, 11) is 0.